The van der Waals surface area contributed by atoms with Crippen LogP contribution in [0.25, 0.3) is 21.8 Å². The van der Waals surface area contributed by atoms with E-state index in [9.17, 15) is 14.4 Å². The van der Waals surface area contributed by atoms with Gasteiger partial charge in [0.05, 0.1) is 6.04 Å². The summed E-state index contributed by atoms with van der Waals surface area (Å²) in [5, 5.41) is 1.77. The van der Waals surface area contributed by atoms with Crippen LogP contribution in [-0.2, 0) is 4.79 Å². The molecule has 1 aliphatic heterocycles. The predicted octanol–water partition coefficient (Wildman–Crippen LogP) is 6.45. The van der Waals surface area contributed by atoms with E-state index in [2.05, 4.69) is 20.8 Å². The van der Waals surface area contributed by atoms with Crippen LogP contribution in [-0.4, -0.2) is 38.6 Å². The molecule has 4 aromatic carbocycles. The summed E-state index contributed by atoms with van der Waals surface area (Å²) in [5.41, 5.74) is 11.3. The Bertz CT molecular complexity index is 2130. The lowest BCUT2D eigenvalue weighted by molar-refractivity contribution is -0.126. The molecule has 3 amide bonds. The van der Waals surface area contributed by atoms with Crippen molar-refractivity contribution in [2.75, 3.05) is 0 Å². The summed E-state index contributed by atoms with van der Waals surface area (Å²) in [4.78, 5) is 48.4. The third-order valence-corrected chi connectivity index (χ3v) is 8.37. The van der Waals surface area contributed by atoms with E-state index in [1.807, 2.05) is 98.8 Å². The molecule has 4 N–H and O–H groups in total. The molecule has 6 aromatic rings. The fourth-order valence-corrected chi connectivity index (χ4v) is 6.21. The number of aromatic nitrogens is 2. The van der Waals surface area contributed by atoms with Crippen LogP contribution in [0.15, 0.2) is 97.1 Å². The SMILES string of the molecule is Cc1cccc(Oc2ccc3[nH]c(C(=O)NNC(=O)C(C)N4C(=O)c5ccccc5C4c4c(C)[nH]c5ccccc45)cc3c2)c1. The van der Waals surface area contributed by atoms with Gasteiger partial charge in [-0.2, -0.15) is 0 Å². The Balaban J connectivity index is 1.09. The lowest BCUT2D eigenvalue weighted by Gasteiger charge is -2.31. The van der Waals surface area contributed by atoms with Gasteiger partial charge in [0.25, 0.3) is 17.7 Å². The molecule has 224 valence electrons. The minimum absolute atomic E-state index is 0.242. The number of hydrogen-bond acceptors (Lipinski definition) is 4. The number of ether oxygens (including phenoxy) is 1. The van der Waals surface area contributed by atoms with Crippen molar-refractivity contribution in [2.24, 2.45) is 0 Å². The van der Waals surface area contributed by atoms with Crippen LogP contribution in [0.3, 0.4) is 0 Å². The number of hydrogen-bond donors (Lipinski definition) is 4. The van der Waals surface area contributed by atoms with Crippen molar-refractivity contribution in [3.8, 4) is 11.5 Å². The van der Waals surface area contributed by atoms with Gasteiger partial charge >= 0.3 is 0 Å². The molecule has 0 spiro atoms. The number of rotatable bonds is 6. The average molecular weight is 598 g/mol. The lowest BCUT2D eigenvalue weighted by atomic mass is 9.95. The van der Waals surface area contributed by atoms with Crippen LogP contribution in [0.4, 0.5) is 0 Å². The molecule has 0 saturated heterocycles. The highest BCUT2D eigenvalue weighted by molar-refractivity contribution is 6.04. The third kappa shape index (κ3) is 4.98. The Morgan fingerprint density at radius 3 is 2.44 bits per heavy atom. The van der Waals surface area contributed by atoms with Gasteiger partial charge in [-0.25, -0.2) is 0 Å². The van der Waals surface area contributed by atoms with E-state index in [1.165, 1.54) is 0 Å². The second-order valence-corrected chi connectivity index (χ2v) is 11.4. The maximum absolute atomic E-state index is 13.7. The highest BCUT2D eigenvalue weighted by atomic mass is 16.5. The molecule has 0 aliphatic carbocycles. The molecule has 7 rings (SSSR count). The van der Waals surface area contributed by atoms with Gasteiger partial charge in [0, 0.05) is 38.6 Å². The number of hydrazine groups is 1. The molecule has 3 heterocycles. The number of fused-ring (bicyclic) bond motifs is 3. The molecule has 45 heavy (non-hydrogen) atoms. The summed E-state index contributed by atoms with van der Waals surface area (Å²) >= 11 is 0. The molecular weight excluding hydrogens is 566 g/mol. The van der Waals surface area contributed by atoms with Gasteiger partial charge in [-0.3, -0.25) is 25.2 Å². The molecule has 9 nitrogen and oxygen atoms in total. The Kier molecular flexibility index (Phi) is 6.85. The van der Waals surface area contributed by atoms with E-state index in [0.717, 1.165) is 49.9 Å². The second kappa shape index (κ2) is 11.0. The van der Waals surface area contributed by atoms with Gasteiger partial charge in [-0.15, -0.1) is 0 Å². The van der Waals surface area contributed by atoms with Crippen molar-refractivity contribution in [3.05, 3.63) is 131 Å². The van der Waals surface area contributed by atoms with Crippen LogP contribution < -0.4 is 15.6 Å². The molecule has 2 atom stereocenters. The van der Waals surface area contributed by atoms with Crippen LogP contribution in [0.5, 0.6) is 11.5 Å². The summed E-state index contributed by atoms with van der Waals surface area (Å²) in [6.07, 6.45) is 0. The first-order valence-corrected chi connectivity index (χ1v) is 14.7. The number of aryl methyl sites for hydroxylation is 2. The largest absolute Gasteiger partial charge is 0.457 e. The number of benzene rings is 4. The van der Waals surface area contributed by atoms with Crippen LogP contribution in [0.1, 0.15) is 56.2 Å². The van der Waals surface area contributed by atoms with Crippen molar-refractivity contribution in [1.82, 2.24) is 25.7 Å². The monoisotopic (exact) mass is 597 g/mol. The van der Waals surface area contributed by atoms with Crippen molar-refractivity contribution >= 4 is 39.5 Å². The maximum atomic E-state index is 13.7. The first kappa shape index (κ1) is 28.0. The number of para-hydroxylation sites is 1. The fourth-order valence-electron chi connectivity index (χ4n) is 6.21. The Morgan fingerprint density at radius 1 is 0.822 bits per heavy atom. The minimum atomic E-state index is -0.896. The van der Waals surface area contributed by atoms with E-state index < -0.39 is 23.9 Å². The molecule has 1 aliphatic rings. The fraction of sp³-hybridized carbons (Fsp3) is 0.139. The zero-order chi connectivity index (χ0) is 31.2. The average Bonchev–Trinajstić information content (AvgIpc) is 3.70. The zero-order valence-corrected chi connectivity index (χ0v) is 25.0. The second-order valence-electron chi connectivity index (χ2n) is 11.4. The summed E-state index contributed by atoms with van der Waals surface area (Å²) in [7, 11) is 0. The predicted molar refractivity (Wildman–Crippen MR) is 172 cm³/mol. The van der Waals surface area contributed by atoms with Crippen molar-refractivity contribution in [3.63, 3.8) is 0 Å². The molecular formula is C36H31N5O4. The van der Waals surface area contributed by atoms with E-state index in [0.29, 0.717) is 11.3 Å². The number of carbonyl (C=O) groups excluding carboxylic acids is 3. The van der Waals surface area contributed by atoms with Gasteiger partial charge in [0.1, 0.15) is 23.2 Å². The molecule has 2 aromatic heterocycles. The van der Waals surface area contributed by atoms with Crippen molar-refractivity contribution in [1.29, 1.82) is 0 Å². The number of nitrogens with zero attached hydrogens (tertiary/aromatic N) is 1. The lowest BCUT2D eigenvalue weighted by Crippen LogP contribution is -2.52. The zero-order valence-electron chi connectivity index (χ0n) is 25.0. The molecule has 0 radical (unpaired) electrons. The van der Waals surface area contributed by atoms with Crippen molar-refractivity contribution in [2.45, 2.75) is 32.9 Å². The number of amides is 3. The highest BCUT2D eigenvalue weighted by Crippen LogP contribution is 2.43. The first-order chi connectivity index (χ1) is 21.8. The number of H-pyrrole nitrogens is 2. The number of aromatic amines is 2. The van der Waals surface area contributed by atoms with Gasteiger partial charge in [-0.1, -0.05) is 48.5 Å². The molecule has 0 bridgehead atoms. The molecule has 0 fully saturated rings. The van der Waals surface area contributed by atoms with Gasteiger partial charge in [0.15, 0.2) is 0 Å². The smallest absolute Gasteiger partial charge is 0.286 e. The molecule has 9 heteroatoms. The van der Waals surface area contributed by atoms with E-state index in [1.54, 1.807) is 24.0 Å². The molecule has 0 saturated carbocycles. The first-order valence-electron chi connectivity index (χ1n) is 14.7. The third-order valence-electron chi connectivity index (χ3n) is 8.37. The van der Waals surface area contributed by atoms with Gasteiger partial charge in [0.2, 0.25) is 0 Å². The Morgan fingerprint density at radius 2 is 1.60 bits per heavy atom. The standard InChI is InChI=1S/C36H31N5O4/c1-20-9-8-10-24(17-20)45-25-15-16-29-23(18-25)19-31(38-29)35(43)40-39-34(42)22(3)41-33(26-11-4-5-12-27(26)36(41)44)32-21(2)37-30-14-7-6-13-28(30)32/h4-19,22,33,37-38H,1-3H3,(H,39,42)(H,40,43). The normalized spacial score (nSPS) is 14.9. The molecule has 2 unspecified atom stereocenters. The van der Waals surface area contributed by atoms with E-state index >= 15 is 0 Å². The van der Waals surface area contributed by atoms with E-state index in [4.69, 9.17) is 4.74 Å². The van der Waals surface area contributed by atoms with Gasteiger partial charge in [-0.05, 0) is 80.4 Å². The van der Waals surface area contributed by atoms with E-state index in [-0.39, 0.29) is 11.6 Å². The summed E-state index contributed by atoms with van der Waals surface area (Å²) in [6.45, 7) is 5.64. The Labute approximate surface area is 259 Å². The minimum Gasteiger partial charge on any atom is -0.457 e. The summed E-state index contributed by atoms with van der Waals surface area (Å²) in [5.74, 6) is 0.0808. The van der Waals surface area contributed by atoms with Crippen molar-refractivity contribution < 1.29 is 19.1 Å². The summed E-state index contributed by atoms with van der Waals surface area (Å²) < 4.78 is 5.98. The Hall–Kier alpha value is -5.83. The quantitative estimate of drug-likeness (QED) is 0.165. The van der Waals surface area contributed by atoms with Crippen LogP contribution >= 0.6 is 0 Å². The number of nitrogens with one attached hydrogen (secondary N) is 4. The van der Waals surface area contributed by atoms with Crippen LogP contribution in [0, 0.1) is 13.8 Å². The number of carbonyl (C=O) groups is 3. The maximum Gasteiger partial charge on any atom is 0.286 e. The van der Waals surface area contributed by atoms with Crippen LogP contribution in [0.2, 0.25) is 0 Å². The topological polar surface area (TPSA) is 119 Å². The highest BCUT2D eigenvalue weighted by Gasteiger charge is 2.43. The summed E-state index contributed by atoms with van der Waals surface area (Å²) in [6, 6.07) is 28.9. The van der Waals surface area contributed by atoms with Gasteiger partial charge < -0.3 is 19.6 Å².